The van der Waals surface area contributed by atoms with Gasteiger partial charge >= 0.3 is 0 Å². The summed E-state index contributed by atoms with van der Waals surface area (Å²) in [6.45, 7) is 0.496. The monoisotopic (exact) mass is 251 g/mol. The maximum atomic E-state index is 11.9. The van der Waals surface area contributed by atoms with Gasteiger partial charge in [0.15, 0.2) is 5.84 Å². The highest BCUT2D eigenvalue weighted by atomic mass is 16.4. The Hall–Kier alpha value is -2.05. The first-order chi connectivity index (χ1) is 8.58. The number of amides is 1. The zero-order valence-electron chi connectivity index (χ0n) is 10.3. The number of nitrogens with two attached hydrogens (primary N) is 1. The van der Waals surface area contributed by atoms with E-state index in [1.54, 1.807) is 4.68 Å². The predicted molar refractivity (Wildman–Crippen MR) is 65.0 cm³/mol. The van der Waals surface area contributed by atoms with Gasteiger partial charge in [-0.25, -0.2) is 0 Å². The number of oxime groups is 1. The van der Waals surface area contributed by atoms with E-state index in [0.29, 0.717) is 25.8 Å². The van der Waals surface area contributed by atoms with Crippen LogP contribution in [0.25, 0.3) is 0 Å². The van der Waals surface area contributed by atoms with Crippen molar-refractivity contribution in [3.8, 4) is 0 Å². The molecule has 7 heteroatoms. The third-order valence-electron chi connectivity index (χ3n) is 3.22. The molecule has 18 heavy (non-hydrogen) atoms. The number of hydrogen-bond acceptors (Lipinski definition) is 4. The van der Waals surface area contributed by atoms with E-state index in [4.69, 9.17) is 10.9 Å². The minimum atomic E-state index is -0.779. The zero-order chi connectivity index (χ0) is 13.2. The molecule has 0 unspecified atom stereocenters. The van der Waals surface area contributed by atoms with Gasteiger partial charge in [0.2, 0.25) is 5.91 Å². The van der Waals surface area contributed by atoms with E-state index < -0.39 is 5.41 Å². The third-order valence-corrected chi connectivity index (χ3v) is 3.22. The summed E-state index contributed by atoms with van der Waals surface area (Å²) in [6.07, 6.45) is 3.80. The Balaban J connectivity index is 1.82. The molecule has 1 fully saturated rings. The van der Waals surface area contributed by atoms with Gasteiger partial charge in [0.1, 0.15) is 5.41 Å². The van der Waals surface area contributed by atoms with Crippen LogP contribution >= 0.6 is 0 Å². The Labute approximate surface area is 105 Å². The van der Waals surface area contributed by atoms with E-state index in [2.05, 4.69) is 15.6 Å². The second-order valence-electron chi connectivity index (χ2n) is 4.55. The standard InChI is InChI=1S/C11H17N5O2/c1-16-7-3-8(14-16)2-6-13-10(17)11(4-5-11)9(12)15-18/h3,7,18H,2,4-6H2,1H3,(H2,12,15)(H,13,17). The highest BCUT2D eigenvalue weighted by molar-refractivity contribution is 6.09. The average molecular weight is 251 g/mol. The molecule has 1 aromatic rings. The smallest absolute Gasteiger partial charge is 0.233 e. The first kappa shape index (κ1) is 12.4. The van der Waals surface area contributed by atoms with E-state index >= 15 is 0 Å². The Kier molecular flexibility index (Phi) is 3.22. The van der Waals surface area contributed by atoms with Crippen LogP contribution < -0.4 is 11.1 Å². The van der Waals surface area contributed by atoms with E-state index in [1.807, 2.05) is 19.3 Å². The maximum Gasteiger partial charge on any atom is 0.233 e. The topological polar surface area (TPSA) is 106 Å². The predicted octanol–water partition coefficient (Wildman–Crippen LogP) is -0.395. The summed E-state index contributed by atoms with van der Waals surface area (Å²) in [4.78, 5) is 11.9. The van der Waals surface area contributed by atoms with Crippen LogP contribution in [0.4, 0.5) is 0 Å². The van der Waals surface area contributed by atoms with Gasteiger partial charge in [0, 0.05) is 26.2 Å². The summed E-state index contributed by atoms with van der Waals surface area (Å²) in [5, 5.41) is 18.6. The van der Waals surface area contributed by atoms with Crippen molar-refractivity contribution in [2.24, 2.45) is 23.4 Å². The van der Waals surface area contributed by atoms with E-state index in [0.717, 1.165) is 5.69 Å². The molecule has 0 aliphatic heterocycles. The average Bonchev–Trinajstić information content (AvgIpc) is 3.07. The minimum Gasteiger partial charge on any atom is -0.409 e. The molecule has 2 rings (SSSR count). The fraction of sp³-hybridized carbons (Fsp3) is 0.545. The molecule has 0 bridgehead atoms. The number of nitrogens with one attached hydrogen (secondary N) is 1. The summed E-state index contributed by atoms with van der Waals surface area (Å²) >= 11 is 0. The third kappa shape index (κ3) is 2.29. The second kappa shape index (κ2) is 4.67. The fourth-order valence-corrected chi connectivity index (χ4v) is 1.89. The lowest BCUT2D eigenvalue weighted by Crippen LogP contribution is -2.41. The summed E-state index contributed by atoms with van der Waals surface area (Å²) in [6, 6.07) is 1.91. The lowest BCUT2D eigenvalue weighted by Gasteiger charge is -2.13. The molecule has 0 radical (unpaired) electrons. The van der Waals surface area contributed by atoms with Crippen molar-refractivity contribution in [3.63, 3.8) is 0 Å². The number of rotatable bonds is 5. The number of hydrogen-bond donors (Lipinski definition) is 3. The first-order valence-corrected chi connectivity index (χ1v) is 5.83. The molecule has 0 saturated heterocycles. The van der Waals surface area contributed by atoms with Gasteiger partial charge < -0.3 is 16.3 Å². The van der Waals surface area contributed by atoms with E-state index in [1.165, 1.54) is 0 Å². The molecule has 1 amide bonds. The van der Waals surface area contributed by atoms with Crippen LogP contribution in [0.5, 0.6) is 0 Å². The Bertz CT molecular complexity index is 476. The van der Waals surface area contributed by atoms with Crippen molar-refractivity contribution in [3.05, 3.63) is 18.0 Å². The van der Waals surface area contributed by atoms with Crippen LogP contribution in [0.3, 0.4) is 0 Å². The Morgan fingerprint density at radius 2 is 2.44 bits per heavy atom. The van der Waals surface area contributed by atoms with Gasteiger partial charge in [0.05, 0.1) is 5.69 Å². The number of nitrogens with zero attached hydrogens (tertiary/aromatic N) is 3. The highest BCUT2D eigenvalue weighted by Crippen LogP contribution is 2.45. The summed E-state index contributed by atoms with van der Waals surface area (Å²) in [7, 11) is 1.85. The molecule has 1 aliphatic rings. The van der Waals surface area contributed by atoms with E-state index in [9.17, 15) is 4.79 Å². The Morgan fingerprint density at radius 3 is 2.94 bits per heavy atom. The summed E-state index contributed by atoms with van der Waals surface area (Å²) in [5.41, 5.74) is 5.67. The fourth-order valence-electron chi connectivity index (χ4n) is 1.89. The van der Waals surface area contributed by atoms with Crippen LogP contribution in [0, 0.1) is 5.41 Å². The van der Waals surface area contributed by atoms with Crippen molar-refractivity contribution in [1.82, 2.24) is 15.1 Å². The maximum absolute atomic E-state index is 11.9. The van der Waals surface area contributed by atoms with Gasteiger partial charge in [-0.05, 0) is 18.9 Å². The molecule has 1 saturated carbocycles. The molecule has 4 N–H and O–H groups in total. The van der Waals surface area contributed by atoms with Crippen LogP contribution in [-0.4, -0.2) is 33.3 Å². The number of aromatic nitrogens is 2. The van der Waals surface area contributed by atoms with Gasteiger partial charge in [-0.2, -0.15) is 5.10 Å². The quantitative estimate of drug-likeness (QED) is 0.287. The number of aryl methyl sites for hydroxylation is 1. The van der Waals surface area contributed by atoms with E-state index in [-0.39, 0.29) is 11.7 Å². The van der Waals surface area contributed by atoms with Gasteiger partial charge in [-0.3, -0.25) is 9.48 Å². The lowest BCUT2D eigenvalue weighted by atomic mass is 10.1. The van der Waals surface area contributed by atoms with Crippen molar-refractivity contribution in [1.29, 1.82) is 0 Å². The van der Waals surface area contributed by atoms with Crippen LogP contribution in [0.2, 0.25) is 0 Å². The minimum absolute atomic E-state index is 0.00200. The molecule has 1 aliphatic carbocycles. The van der Waals surface area contributed by atoms with Crippen LogP contribution in [0.1, 0.15) is 18.5 Å². The van der Waals surface area contributed by atoms with Crippen molar-refractivity contribution in [2.45, 2.75) is 19.3 Å². The molecule has 98 valence electrons. The first-order valence-electron chi connectivity index (χ1n) is 5.83. The molecule has 1 heterocycles. The molecular weight excluding hydrogens is 234 g/mol. The zero-order valence-corrected chi connectivity index (χ0v) is 10.3. The lowest BCUT2D eigenvalue weighted by molar-refractivity contribution is -0.124. The Morgan fingerprint density at radius 1 is 1.72 bits per heavy atom. The number of amidine groups is 1. The van der Waals surface area contributed by atoms with Crippen LogP contribution in [-0.2, 0) is 18.3 Å². The highest BCUT2D eigenvalue weighted by Gasteiger charge is 2.54. The molecular formula is C11H17N5O2. The number of carbonyl (C=O) groups is 1. The molecule has 0 atom stereocenters. The molecule has 1 aromatic heterocycles. The number of carbonyl (C=O) groups excluding carboxylic acids is 1. The molecule has 0 aromatic carbocycles. The van der Waals surface area contributed by atoms with Crippen LogP contribution in [0.15, 0.2) is 17.4 Å². The molecule has 7 nitrogen and oxygen atoms in total. The largest absolute Gasteiger partial charge is 0.409 e. The van der Waals surface area contributed by atoms with Gasteiger partial charge in [-0.15, -0.1) is 0 Å². The SMILES string of the molecule is Cn1ccc(CCNC(=O)C2(/C(N)=N/O)CC2)n1. The van der Waals surface area contributed by atoms with Crippen molar-refractivity contribution in [2.75, 3.05) is 6.54 Å². The van der Waals surface area contributed by atoms with Gasteiger partial charge in [-0.1, -0.05) is 5.16 Å². The molecule has 0 spiro atoms. The summed E-state index contributed by atoms with van der Waals surface area (Å²) < 4.78 is 1.72. The second-order valence-corrected chi connectivity index (χ2v) is 4.55. The van der Waals surface area contributed by atoms with Gasteiger partial charge in [0.25, 0.3) is 0 Å². The van der Waals surface area contributed by atoms with Crippen molar-refractivity contribution >= 4 is 11.7 Å². The summed E-state index contributed by atoms with van der Waals surface area (Å²) in [5.74, 6) is -0.174. The van der Waals surface area contributed by atoms with Crippen molar-refractivity contribution < 1.29 is 10.0 Å². The normalized spacial score (nSPS) is 17.5.